The molecule has 1 aliphatic heterocycles. The lowest BCUT2D eigenvalue weighted by molar-refractivity contribution is -0.144. The molecule has 1 saturated heterocycles. The van der Waals surface area contributed by atoms with Crippen LogP contribution in [0.5, 0.6) is 0 Å². The van der Waals surface area contributed by atoms with E-state index < -0.39 is 15.9 Å². The summed E-state index contributed by atoms with van der Waals surface area (Å²) in [7, 11) is -3.53. The van der Waals surface area contributed by atoms with Crippen LogP contribution in [0.2, 0.25) is 0 Å². The molecule has 2 aromatic rings. The van der Waals surface area contributed by atoms with E-state index in [0.717, 1.165) is 0 Å². The van der Waals surface area contributed by atoms with Crippen LogP contribution in [0, 0.1) is 0 Å². The molecule has 2 amide bonds. The monoisotopic (exact) mass is 449 g/mol. The lowest BCUT2D eigenvalue weighted by atomic mass is 10.1. The van der Waals surface area contributed by atoms with Crippen LogP contribution in [0.3, 0.4) is 0 Å². The molecule has 0 spiro atoms. The van der Waals surface area contributed by atoms with Crippen molar-refractivity contribution >= 4 is 33.2 Å². The van der Waals surface area contributed by atoms with Crippen molar-refractivity contribution in [3.05, 3.63) is 42.2 Å². The maximum atomic E-state index is 12.7. The molecule has 2 atom stereocenters. The zero-order valence-corrected chi connectivity index (χ0v) is 18.6. The first kappa shape index (κ1) is 22.8. The van der Waals surface area contributed by atoms with Gasteiger partial charge in [0.05, 0.1) is 41.1 Å². The van der Waals surface area contributed by atoms with E-state index in [2.05, 4.69) is 15.1 Å². The first-order valence-electron chi connectivity index (χ1n) is 10.0. The molecule has 11 heteroatoms. The summed E-state index contributed by atoms with van der Waals surface area (Å²) in [5.41, 5.74) is 0.772. The number of amides is 2. The van der Waals surface area contributed by atoms with Gasteiger partial charge in [0.1, 0.15) is 6.54 Å². The molecular weight excluding hydrogens is 422 g/mol. The third kappa shape index (κ3) is 6.05. The molecule has 0 aliphatic carbocycles. The second-order valence-corrected chi connectivity index (χ2v) is 9.50. The smallest absolute Gasteiger partial charge is 0.257 e. The molecule has 31 heavy (non-hydrogen) atoms. The van der Waals surface area contributed by atoms with E-state index in [1.165, 1.54) is 29.9 Å². The zero-order chi connectivity index (χ0) is 22.6. The van der Waals surface area contributed by atoms with Gasteiger partial charge in [0.15, 0.2) is 0 Å². The molecule has 10 nitrogen and oxygen atoms in total. The highest BCUT2D eigenvalue weighted by Gasteiger charge is 2.26. The Morgan fingerprint density at radius 2 is 1.87 bits per heavy atom. The summed E-state index contributed by atoms with van der Waals surface area (Å²) in [5.74, 6) is -0.678. The second kappa shape index (κ2) is 9.48. The molecule has 2 N–H and O–H groups in total. The Balaban J connectivity index is 1.65. The lowest BCUT2D eigenvalue weighted by Crippen LogP contribution is -2.49. The molecular formula is C20H27N5O5S. The van der Waals surface area contributed by atoms with Crippen LogP contribution in [-0.4, -0.2) is 66.0 Å². The van der Waals surface area contributed by atoms with E-state index in [1.54, 1.807) is 23.2 Å². The number of nitrogens with zero attached hydrogens (tertiary/aromatic N) is 3. The lowest BCUT2D eigenvalue weighted by Gasteiger charge is -2.35. The zero-order valence-electron chi connectivity index (χ0n) is 17.7. The number of anilines is 2. The molecule has 1 aliphatic rings. The van der Waals surface area contributed by atoms with E-state index in [-0.39, 0.29) is 41.7 Å². The first-order chi connectivity index (χ1) is 14.7. The number of aromatic nitrogens is 2. The summed E-state index contributed by atoms with van der Waals surface area (Å²) in [4.78, 5) is 27.0. The highest BCUT2D eigenvalue weighted by Crippen LogP contribution is 2.19. The third-order valence-corrected chi connectivity index (χ3v) is 6.07. The predicted molar refractivity (Wildman–Crippen MR) is 116 cm³/mol. The fourth-order valence-electron chi connectivity index (χ4n) is 3.34. The Kier molecular flexibility index (Phi) is 6.96. The first-order valence-corrected chi connectivity index (χ1v) is 11.7. The number of benzene rings is 1. The Hall–Kier alpha value is -2.92. The number of morpholine rings is 1. The number of sulfonamides is 1. The summed E-state index contributed by atoms with van der Waals surface area (Å²) < 4.78 is 33.3. The largest absolute Gasteiger partial charge is 0.372 e. The average molecular weight is 450 g/mol. The van der Waals surface area contributed by atoms with Crippen molar-refractivity contribution in [1.82, 2.24) is 14.7 Å². The maximum absolute atomic E-state index is 12.7. The summed E-state index contributed by atoms with van der Waals surface area (Å²) in [5, 5.41) is 6.83. The van der Waals surface area contributed by atoms with Crippen molar-refractivity contribution in [2.75, 3.05) is 28.9 Å². The third-order valence-electron chi connectivity index (χ3n) is 4.78. The molecule has 0 bridgehead atoms. The van der Waals surface area contributed by atoms with Crippen molar-refractivity contribution in [3.8, 4) is 0 Å². The van der Waals surface area contributed by atoms with Crippen molar-refractivity contribution in [2.24, 2.45) is 0 Å². The van der Waals surface area contributed by atoms with Gasteiger partial charge in [-0.25, -0.2) is 8.42 Å². The summed E-state index contributed by atoms with van der Waals surface area (Å²) in [6, 6.07) is 6.33. The Morgan fingerprint density at radius 3 is 2.55 bits per heavy atom. The van der Waals surface area contributed by atoms with Crippen LogP contribution < -0.4 is 10.0 Å². The molecule has 1 aromatic carbocycles. The molecule has 0 unspecified atom stereocenters. The van der Waals surface area contributed by atoms with Crippen molar-refractivity contribution in [1.29, 1.82) is 0 Å². The van der Waals surface area contributed by atoms with E-state index in [4.69, 9.17) is 4.74 Å². The summed E-state index contributed by atoms with van der Waals surface area (Å²) >= 11 is 0. The fraction of sp³-hybridized carbons (Fsp3) is 0.450. The number of hydrogen-bond donors (Lipinski definition) is 2. The van der Waals surface area contributed by atoms with E-state index >= 15 is 0 Å². The standard InChI is InChI=1S/C20H27N5O5S/c1-4-31(28,29)23-18-8-6-5-7-17(18)20(27)22-16-9-21-25(12-16)13-19(26)24-10-14(2)30-15(3)11-24/h5-9,12,14-15,23H,4,10-11,13H2,1-3H3,(H,22,27)/t14-,15+. The predicted octanol–water partition coefficient (Wildman–Crippen LogP) is 1.53. The molecule has 2 heterocycles. The number of carbonyl (C=O) groups excluding carboxylic acids is 2. The van der Waals surface area contributed by atoms with Gasteiger partial charge in [0.2, 0.25) is 15.9 Å². The van der Waals surface area contributed by atoms with Gasteiger partial charge in [-0.15, -0.1) is 0 Å². The van der Waals surface area contributed by atoms with Crippen LogP contribution in [0.4, 0.5) is 11.4 Å². The quantitative estimate of drug-likeness (QED) is 0.661. The number of nitrogens with one attached hydrogen (secondary N) is 2. The Morgan fingerprint density at radius 1 is 1.19 bits per heavy atom. The SMILES string of the molecule is CCS(=O)(=O)Nc1ccccc1C(=O)Nc1cnn(CC(=O)N2C[C@@H](C)O[C@@H](C)C2)c1. The topological polar surface area (TPSA) is 123 Å². The van der Waals surface area contributed by atoms with Crippen LogP contribution in [0.15, 0.2) is 36.7 Å². The number of para-hydroxylation sites is 1. The van der Waals surface area contributed by atoms with Crippen LogP contribution >= 0.6 is 0 Å². The minimum atomic E-state index is -3.53. The number of hydrogen-bond acceptors (Lipinski definition) is 6. The molecule has 0 saturated carbocycles. The number of rotatable bonds is 7. The van der Waals surface area contributed by atoms with Crippen LogP contribution in [0.25, 0.3) is 0 Å². The summed E-state index contributed by atoms with van der Waals surface area (Å²) in [6.07, 6.45) is 2.95. The number of ether oxygens (including phenoxy) is 1. The van der Waals surface area contributed by atoms with E-state index in [1.807, 2.05) is 13.8 Å². The molecule has 0 radical (unpaired) electrons. The van der Waals surface area contributed by atoms with Crippen molar-refractivity contribution in [2.45, 2.75) is 39.5 Å². The van der Waals surface area contributed by atoms with Gasteiger partial charge < -0.3 is 15.0 Å². The van der Waals surface area contributed by atoms with Crippen LogP contribution in [0.1, 0.15) is 31.1 Å². The van der Waals surface area contributed by atoms with Gasteiger partial charge in [-0.2, -0.15) is 5.10 Å². The van der Waals surface area contributed by atoms with Gasteiger partial charge in [0, 0.05) is 19.3 Å². The van der Waals surface area contributed by atoms with Crippen molar-refractivity contribution in [3.63, 3.8) is 0 Å². The van der Waals surface area contributed by atoms with Crippen LogP contribution in [-0.2, 0) is 26.1 Å². The Bertz CT molecular complexity index is 1040. The molecule has 168 valence electrons. The van der Waals surface area contributed by atoms with E-state index in [0.29, 0.717) is 18.8 Å². The molecule has 1 fully saturated rings. The molecule has 3 rings (SSSR count). The average Bonchev–Trinajstić information content (AvgIpc) is 3.14. The van der Waals surface area contributed by atoms with Crippen molar-refractivity contribution < 1.29 is 22.7 Å². The highest BCUT2D eigenvalue weighted by molar-refractivity contribution is 7.92. The van der Waals surface area contributed by atoms with E-state index in [9.17, 15) is 18.0 Å². The van der Waals surface area contributed by atoms with Gasteiger partial charge in [-0.05, 0) is 32.9 Å². The minimum absolute atomic E-state index is 0.0228. The van der Waals surface area contributed by atoms with Gasteiger partial charge >= 0.3 is 0 Å². The number of carbonyl (C=O) groups is 2. The molecule has 1 aromatic heterocycles. The highest BCUT2D eigenvalue weighted by atomic mass is 32.2. The Labute approximate surface area is 181 Å². The fourth-order valence-corrected chi connectivity index (χ4v) is 4.00. The van der Waals surface area contributed by atoms with Gasteiger partial charge in [0.25, 0.3) is 5.91 Å². The normalized spacial score (nSPS) is 19.1. The maximum Gasteiger partial charge on any atom is 0.257 e. The van der Waals surface area contributed by atoms with Gasteiger partial charge in [-0.1, -0.05) is 12.1 Å². The second-order valence-electron chi connectivity index (χ2n) is 7.49. The van der Waals surface area contributed by atoms with Gasteiger partial charge in [-0.3, -0.25) is 19.0 Å². The summed E-state index contributed by atoms with van der Waals surface area (Å²) in [6.45, 7) is 6.46. The minimum Gasteiger partial charge on any atom is -0.372 e.